The molecular weight excluding hydrogens is 413 g/mol. The predicted molar refractivity (Wildman–Crippen MR) is 96.2 cm³/mol. The largest absolute Gasteiger partial charge is 0.479 e. The van der Waals surface area contributed by atoms with Gasteiger partial charge in [0.15, 0.2) is 5.82 Å². The minimum atomic E-state index is -0.661. The van der Waals surface area contributed by atoms with Gasteiger partial charge in [-0.3, -0.25) is 4.40 Å². The summed E-state index contributed by atoms with van der Waals surface area (Å²) < 4.78 is 49.8. The van der Waals surface area contributed by atoms with Crippen LogP contribution in [0.1, 0.15) is 0 Å². The van der Waals surface area contributed by atoms with E-state index in [0.29, 0.717) is 11.3 Å². The van der Waals surface area contributed by atoms with Crippen LogP contribution >= 0.6 is 11.6 Å². The molecule has 0 saturated heterocycles. The smallest absolute Gasteiger partial charge is 0.254 e. The van der Waals surface area contributed by atoms with Crippen LogP contribution in [0.3, 0.4) is 0 Å². The molecule has 0 N–H and O–H groups in total. The van der Waals surface area contributed by atoms with E-state index < -0.39 is 17.5 Å². The van der Waals surface area contributed by atoms with Gasteiger partial charge in [-0.1, -0.05) is 0 Å². The summed E-state index contributed by atoms with van der Waals surface area (Å²) in [5.41, 5.74) is 0.996. The van der Waals surface area contributed by atoms with Gasteiger partial charge in [0.05, 0.1) is 32.8 Å². The summed E-state index contributed by atoms with van der Waals surface area (Å²) in [5.74, 6) is -1.80. The van der Waals surface area contributed by atoms with E-state index >= 15 is 0 Å². The molecule has 0 radical (unpaired) electrons. The molecule has 0 amide bonds. The molecule has 12 heteroatoms. The van der Waals surface area contributed by atoms with Crippen LogP contribution in [0, 0.1) is 17.5 Å². The number of fused-ring (bicyclic) bond motifs is 1. The Hall–Kier alpha value is -3.47. The standard InChI is InChI=1S/C12H8F2N4O.C5H4ClFN2O/c1-19-12-8(14)4-16-11(17-12)9-5-15-10-3-2-7(13)6-18(9)10;1-10-4-3(7)2-8-5(6)9-4/h2-6H,1H3;2H,1H3. The highest BCUT2D eigenvalue weighted by Crippen LogP contribution is 2.21. The molecule has 29 heavy (non-hydrogen) atoms. The molecule has 150 valence electrons. The highest BCUT2D eigenvalue weighted by atomic mass is 35.5. The van der Waals surface area contributed by atoms with Crippen molar-refractivity contribution in [1.82, 2.24) is 29.3 Å². The Morgan fingerprint density at radius 3 is 2.17 bits per heavy atom. The minimum absolute atomic E-state index is 0.0294. The Morgan fingerprint density at radius 1 is 0.862 bits per heavy atom. The van der Waals surface area contributed by atoms with E-state index in [0.717, 1.165) is 12.4 Å². The minimum Gasteiger partial charge on any atom is -0.479 e. The SMILES string of the molecule is COc1nc(-c2cnc3ccc(F)cn23)ncc1F.COc1nc(Cl)ncc1F. The highest BCUT2D eigenvalue weighted by Gasteiger charge is 2.13. The Labute approximate surface area is 167 Å². The Balaban J connectivity index is 0.000000204. The van der Waals surface area contributed by atoms with E-state index in [-0.39, 0.29) is 22.9 Å². The van der Waals surface area contributed by atoms with Gasteiger partial charge >= 0.3 is 0 Å². The van der Waals surface area contributed by atoms with Crippen molar-refractivity contribution in [2.24, 2.45) is 0 Å². The maximum absolute atomic E-state index is 13.3. The molecule has 0 aromatic carbocycles. The zero-order valence-electron chi connectivity index (χ0n) is 15.0. The second-order valence-corrected chi connectivity index (χ2v) is 5.60. The lowest BCUT2D eigenvalue weighted by Gasteiger charge is -2.03. The number of methoxy groups -OCH3 is 2. The molecule has 0 aliphatic rings. The van der Waals surface area contributed by atoms with E-state index in [1.54, 1.807) is 0 Å². The van der Waals surface area contributed by atoms with Crippen LogP contribution in [0.15, 0.2) is 36.9 Å². The first-order valence-electron chi connectivity index (χ1n) is 7.84. The van der Waals surface area contributed by atoms with Crippen LogP contribution in [0.25, 0.3) is 17.2 Å². The number of aromatic nitrogens is 6. The zero-order valence-corrected chi connectivity index (χ0v) is 15.7. The first-order chi connectivity index (χ1) is 13.9. The maximum Gasteiger partial charge on any atom is 0.254 e. The lowest BCUT2D eigenvalue weighted by atomic mass is 10.4. The summed E-state index contributed by atoms with van der Waals surface area (Å²) in [4.78, 5) is 18.7. The van der Waals surface area contributed by atoms with Crippen molar-refractivity contribution in [2.45, 2.75) is 0 Å². The maximum atomic E-state index is 13.3. The number of hydrogen-bond acceptors (Lipinski definition) is 7. The number of ether oxygens (including phenoxy) is 2. The van der Waals surface area contributed by atoms with Crippen LogP contribution < -0.4 is 9.47 Å². The fourth-order valence-electron chi connectivity index (χ4n) is 2.21. The van der Waals surface area contributed by atoms with E-state index in [9.17, 15) is 13.2 Å². The van der Waals surface area contributed by atoms with E-state index in [1.165, 1.54) is 43.1 Å². The molecule has 4 heterocycles. The molecule has 4 aromatic heterocycles. The summed E-state index contributed by atoms with van der Waals surface area (Å²) >= 11 is 5.33. The number of pyridine rings is 1. The summed E-state index contributed by atoms with van der Waals surface area (Å²) in [6.07, 6.45) is 4.70. The summed E-state index contributed by atoms with van der Waals surface area (Å²) in [6.45, 7) is 0. The van der Waals surface area contributed by atoms with Gasteiger partial charge in [-0.15, -0.1) is 0 Å². The molecule has 0 bridgehead atoms. The van der Waals surface area contributed by atoms with Gasteiger partial charge in [-0.2, -0.15) is 18.7 Å². The van der Waals surface area contributed by atoms with Gasteiger partial charge in [-0.25, -0.2) is 19.3 Å². The molecule has 4 rings (SSSR count). The fraction of sp³-hybridized carbons (Fsp3) is 0.118. The number of imidazole rings is 1. The third-order valence-electron chi connectivity index (χ3n) is 3.48. The van der Waals surface area contributed by atoms with Crippen molar-refractivity contribution < 1.29 is 22.6 Å². The number of nitrogens with zero attached hydrogens (tertiary/aromatic N) is 6. The van der Waals surface area contributed by atoms with Crippen LogP contribution in [0.2, 0.25) is 5.28 Å². The molecule has 0 fully saturated rings. The molecule has 0 aliphatic heterocycles. The first kappa shape index (κ1) is 20.3. The van der Waals surface area contributed by atoms with Gasteiger partial charge in [0.2, 0.25) is 16.9 Å². The monoisotopic (exact) mass is 424 g/mol. The normalized spacial score (nSPS) is 10.4. The third-order valence-corrected chi connectivity index (χ3v) is 3.66. The molecule has 8 nitrogen and oxygen atoms in total. The van der Waals surface area contributed by atoms with Crippen molar-refractivity contribution >= 4 is 17.2 Å². The van der Waals surface area contributed by atoms with E-state index in [1.807, 2.05) is 0 Å². The van der Waals surface area contributed by atoms with Gasteiger partial charge in [0, 0.05) is 6.20 Å². The third kappa shape index (κ3) is 4.51. The van der Waals surface area contributed by atoms with E-state index in [2.05, 4.69) is 29.7 Å². The van der Waals surface area contributed by atoms with E-state index in [4.69, 9.17) is 16.3 Å². The highest BCUT2D eigenvalue weighted by molar-refractivity contribution is 6.28. The second kappa shape index (κ2) is 8.69. The Kier molecular flexibility index (Phi) is 6.07. The van der Waals surface area contributed by atoms with Crippen LogP contribution in [-0.4, -0.2) is 43.5 Å². The number of hydrogen-bond donors (Lipinski definition) is 0. The van der Waals surface area contributed by atoms with Gasteiger partial charge in [0.25, 0.3) is 11.8 Å². The van der Waals surface area contributed by atoms with Crippen LogP contribution in [0.4, 0.5) is 13.2 Å². The molecule has 0 atom stereocenters. The van der Waals surface area contributed by atoms with Gasteiger partial charge < -0.3 is 9.47 Å². The van der Waals surface area contributed by atoms with Crippen LogP contribution in [-0.2, 0) is 0 Å². The summed E-state index contributed by atoms with van der Waals surface area (Å²) in [5, 5.41) is -0.0294. The molecule has 4 aromatic rings. The summed E-state index contributed by atoms with van der Waals surface area (Å²) in [6, 6.07) is 2.83. The van der Waals surface area contributed by atoms with Gasteiger partial charge in [-0.05, 0) is 23.7 Å². The van der Waals surface area contributed by atoms with Crippen molar-refractivity contribution in [3.05, 3.63) is 59.7 Å². The average molecular weight is 425 g/mol. The predicted octanol–water partition coefficient (Wildman–Crippen LogP) is 3.36. The number of halogens is 4. The lowest BCUT2D eigenvalue weighted by Crippen LogP contribution is -1.99. The van der Waals surface area contributed by atoms with Crippen molar-refractivity contribution in [3.63, 3.8) is 0 Å². The molecule has 0 saturated carbocycles. The zero-order chi connectivity index (χ0) is 21.0. The Morgan fingerprint density at radius 2 is 1.52 bits per heavy atom. The number of rotatable bonds is 3. The van der Waals surface area contributed by atoms with Crippen molar-refractivity contribution in [2.75, 3.05) is 14.2 Å². The van der Waals surface area contributed by atoms with Crippen molar-refractivity contribution in [1.29, 1.82) is 0 Å². The van der Waals surface area contributed by atoms with Gasteiger partial charge in [0.1, 0.15) is 17.2 Å². The topological polar surface area (TPSA) is 87.3 Å². The first-order valence-corrected chi connectivity index (χ1v) is 8.22. The molecule has 0 spiro atoms. The summed E-state index contributed by atoms with van der Waals surface area (Å²) in [7, 11) is 2.62. The quantitative estimate of drug-likeness (QED) is 0.466. The fourth-order valence-corrected chi connectivity index (χ4v) is 2.34. The molecule has 0 aliphatic carbocycles. The second-order valence-electron chi connectivity index (χ2n) is 5.27. The van der Waals surface area contributed by atoms with Crippen LogP contribution in [0.5, 0.6) is 11.8 Å². The molecular formula is C17H12ClF3N6O2. The van der Waals surface area contributed by atoms with Crippen molar-refractivity contribution in [3.8, 4) is 23.3 Å². The average Bonchev–Trinajstić information content (AvgIpc) is 3.13. The Bertz CT molecular complexity index is 1160. The molecule has 0 unspecified atom stereocenters. The lowest BCUT2D eigenvalue weighted by molar-refractivity contribution is 0.367.